The maximum absolute atomic E-state index is 11.8. The number of likely N-dealkylation sites (N-methyl/N-ethyl adjacent to an activating group) is 1. The van der Waals surface area contributed by atoms with Gasteiger partial charge in [-0.1, -0.05) is 36.8 Å². The SMILES string of the molecule is CCN1CCC(=O)/C(=C/c2ccc(C)cc2)C1. The van der Waals surface area contributed by atoms with Crippen LogP contribution in [0.2, 0.25) is 0 Å². The fourth-order valence-electron chi connectivity index (χ4n) is 2.09. The van der Waals surface area contributed by atoms with Gasteiger partial charge in [-0.2, -0.15) is 0 Å². The van der Waals surface area contributed by atoms with Gasteiger partial charge in [-0.05, 0) is 25.1 Å². The summed E-state index contributed by atoms with van der Waals surface area (Å²) in [6.45, 7) is 6.92. The molecule has 1 fully saturated rings. The van der Waals surface area contributed by atoms with E-state index in [0.29, 0.717) is 12.2 Å². The van der Waals surface area contributed by atoms with Crippen LogP contribution in [0.5, 0.6) is 0 Å². The van der Waals surface area contributed by atoms with Crippen molar-refractivity contribution in [1.29, 1.82) is 0 Å². The summed E-state index contributed by atoms with van der Waals surface area (Å²) in [7, 11) is 0. The predicted molar refractivity (Wildman–Crippen MR) is 70.9 cm³/mol. The molecule has 90 valence electrons. The number of carbonyl (C=O) groups is 1. The first-order valence-electron chi connectivity index (χ1n) is 6.22. The minimum atomic E-state index is 0.301. The Bertz CT molecular complexity index is 431. The fourth-order valence-corrected chi connectivity index (χ4v) is 2.09. The van der Waals surface area contributed by atoms with Crippen molar-refractivity contribution in [3.8, 4) is 0 Å². The van der Waals surface area contributed by atoms with Gasteiger partial charge in [0.2, 0.25) is 0 Å². The second kappa shape index (κ2) is 5.28. The molecule has 17 heavy (non-hydrogen) atoms. The highest BCUT2D eigenvalue weighted by Crippen LogP contribution is 2.16. The Morgan fingerprint density at radius 3 is 2.65 bits per heavy atom. The van der Waals surface area contributed by atoms with Crippen LogP contribution >= 0.6 is 0 Å². The number of hydrogen-bond donors (Lipinski definition) is 0. The maximum Gasteiger partial charge on any atom is 0.161 e. The van der Waals surface area contributed by atoms with Crippen LogP contribution in [-0.4, -0.2) is 30.3 Å². The summed E-state index contributed by atoms with van der Waals surface area (Å²) in [5, 5.41) is 0. The topological polar surface area (TPSA) is 20.3 Å². The van der Waals surface area contributed by atoms with Crippen molar-refractivity contribution in [3.63, 3.8) is 0 Å². The highest BCUT2D eigenvalue weighted by molar-refractivity contribution is 6.00. The Morgan fingerprint density at radius 2 is 2.00 bits per heavy atom. The summed E-state index contributed by atoms with van der Waals surface area (Å²) in [6.07, 6.45) is 2.69. The Kier molecular flexibility index (Phi) is 3.75. The number of carbonyl (C=O) groups excluding carboxylic acids is 1. The van der Waals surface area contributed by atoms with Crippen molar-refractivity contribution in [1.82, 2.24) is 4.90 Å². The Hall–Kier alpha value is -1.41. The Balaban J connectivity index is 2.19. The van der Waals surface area contributed by atoms with Crippen LogP contribution in [0.15, 0.2) is 29.8 Å². The molecule has 1 aliphatic heterocycles. The van der Waals surface area contributed by atoms with Crippen LogP contribution in [-0.2, 0) is 4.79 Å². The second-order valence-corrected chi connectivity index (χ2v) is 4.62. The number of piperidine rings is 1. The number of ketones is 1. The molecule has 0 spiro atoms. The first-order chi connectivity index (χ1) is 8.19. The van der Waals surface area contributed by atoms with Crippen LogP contribution in [0.3, 0.4) is 0 Å². The third-order valence-electron chi connectivity index (χ3n) is 3.27. The van der Waals surface area contributed by atoms with Crippen LogP contribution < -0.4 is 0 Å². The van der Waals surface area contributed by atoms with E-state index in [4.69, 9.17) is 0 Å². The molecular formula is C15H19NO. The van der Waals surface area contributed by atoms with Gasteiger partial charge >= 0.3 is 0 Å². The van der Waals surface area contributed by atoms with Crippen LogP contribution in [0, 0.1) is 6.92 Å². The summed E-state index contributed by atoms with van der Waals surface area (Å²) in [6, 6.07) is 8.30. The van der Waals surface area contributed by atoms with Crippen molar-refractivity contribution in [2.75, 3.05) is 19.6 Å². The van der Waals surface area contributed by atoms with E-state index in [2.05, 4.69) is 43.0 Å². The largest absolute Gasteiger partial charge is 0.299 e. The van der Waals surface area contributed by atoms with E-state index >= 15 is 0 Å². The summed E-state index contributed by atoms with van der Waals surface area (Å²) in [4.78, 5) is 14.1. The van der Waals surface area contributed by atoms with Gasteiger partial charge in [-0.25, -0.2) is 0 Å². The normalized spacial score (nSPS) is 19.9. The van der Waals surface area contributed by atoms with Gasteiger partial charge < -0.3 is 0 Å². The van der Waals surface area contributed by atoms with Crippen molar-refractivity contribution in [2.45, 2.75) is 20.3 Å². The third-order valence-corrected chi connectivity index (χ3v) is 3.27. The minimum Gasteiger partial charge on any atom is -0.299 e. The number of benzene rings is 1. The molecule has 0 radical (unpaired) electrons. The fraction of sp³-hybridized carbons (Fsp3) is 0.400. The minimum absolute atomic E-state index is 0.301. The summed E-state index contributed by atoms with van der Waals surface area (Å²) in [5.74, 6) is 0.301. The molecule has 0 unspecified atom stereocenters. The number of aryl methyl sites for hydroxylation is 1. The number of nitrogens with zero attached hydrogens (tertiary/aromatic N) is 1. The smallest absolute Gasteiger partial charge is 0.161 e. The first kappa shape index (κ1) is 12.1. The molecule has 0 aliphatic carbocycles. The molecule has 1 aromatic rings. The van der Waals surface area contributed by atoms with Crippen molar-refractivity contribution >= 4 is 11.9 Å². The van der Waals surface area contributed by atoms with Gasteiger partial charge in [0.15, 0.2) is 5.78 Å². The summed E-state index contributed by atoms with van der Waals surface area (Å²) in [5.41, 5.74) is 3.32. The third kappa shape index (κ3) is 3.04. The molecule has 0 atom stereocenters. The predicted octanol–water partition coefficient (Wildman–Crippen LogP) is 2.67. The lowest BCUT2D eigenvalue weighted by Crippen LogP contribution is -2.35. The van der Waals surface area contributed by atoms with E-state index < -0.39 is 0 Å². The van der Waals surface area contributed by atoms with E-state index in [1.807, 2.05) is 6.08 Å². The van der Waals surface area contributed by atoms with Crippen LogP contribution in [0.1, 0.15) is 24.5 Å². The van der Waals surface area contributed by atoms with Crippen LogP contribution in [0.25, 0.3) is 6.08 Å². The van der Waals surface area contributed by atoms with E-state index in [1.54, 1.807) is 0 Å². The number of rotatable bonds is 2. The van der Waals surface area contributed by atoms with Gasteiger partial charge in [-0.15, -0.1) is 0 Å². The highest BCUT2D eigenvalue weighted by Gasteiger charge is 2.19. The Morgan fingerprint density at radius 1 is 1.29 bits per heavy atom. The van der Waals surface area contributed by atoms with Gasteiger partial charge in [0.25, 0.3) is 0 Å². The molecular weight excluding hydrogens is 210 g/mol. The monoisotopic (exact) mass is 229 g/mol. The summed E-state index contributed by atoms with van der Waals surface area (Å²) >= 11 is 0. The average Bonchev–Trinajstić information content (AvgIpc) is 2.35. The zero-order valence-corrected chi connectivity index (χ0v) is 10.6. The second-order valence-electron chi connectivity index (χ2n) is 4.62. The van der Waals surface area contributed by atoms with Crippen molar-refractivity contribution in [2.24, 2.45) is 0 Å². The van der Waals surface area contributed by atoms with Crippen LogP contribution in [0.4, 0.5) is 0 Å². The first-order valence-corrected chi connectivity index (χ1v) is 6.22. The van der Waals surface area contributed by atoms with Gasteiger partial charge in [0.1, 0.15) is 0 Å². The van der Waals surface area contributed by atoms with Gasteiger partial charge in [0.05, 0.1) is 0 Å². The van der Waals surface area contributed by atoms with E-state index in [1.165, 1.54) is 5.56 Å². The molecule has 1 heterocycles. The van der Waals surface area contributed by atoms with Gasteiger partial charge in [-0.3, -0.25) is 9.69 Å². The molecule has 0 saturated carbocycles. The van der Waals surface area contributed by atoms with E-state index in [-0.39, 0.29) is 0 Å². The van der Waals surface area contributed by atoms with E-state index in [9.17, 15) is 4.79 Å². The lowest BCUT2D eigenvalue weighted by atomic mass is 10.00. The zero-order valence-electron chi connectivity index (χ0n) is 10.6. The lowest BCUT2D eigenvalue weighted by Gasteiger charge is -2.26. The lowest BCUT2D eigenvalue weighted by molar-refractivity contribution is -0.117. The molecule has 1 aliphatic rings. The van der Waals surface area contributed by atoms with E-state index in [0.717, 1.165) is 30.8 Å². The number of Topliss-reactive ketones (excluding diaryl/α,β-unsaturated/α-hetero) is 1. The number of likely N-dealkylation sites (tertiary alicyclic amines) is 1. The standard InChI is InChI=1S/C15H19NO/c1-3-16-9-8-15(17)14(11-16)10-13-6-4-12(2)5-7-13/h4-7,10H,3,8-9,11H2,1-2H3/b14-10+. The molecule has 0 N–H and O–H groups in total. The number of hydrogen-bond acceptors (Lipinski definition) is 2. The molecule has 1 saturated heterocycles. The van der Waals surface area contributed by atoms with Gasteiger partial charge in [0, 0.05) is 25.1 Å². The van der Waals surface area contributed by atoms with Crippen molar-refractivity contribution in [3.05, 3.63) is 41.0 Å². The molecule has 0 aromatic heterocycles. The maximum atomic E-state index is 11.8. The molecule has 1 aromatic carbocycles. The average molecular weight is 229 g/mol. The molecule has 0 amide bonds. The molecule has 2 heteroatoms. The summed E-state index contributed by atoms with van der Waals surface area (Å²) < 4.78 is 0. The van der Waals surface area contributed by atoms with Crippen molar-refractivity contribution < 1.29 is 4.79 Å². The molecule has 2 nitrogen and oxygen atoms in total. The quantitative estimate of drug-likeness (QED) is 0.727. The molecule has 2 rings (SSSR count). The zero-order chi connectivity index (χ0) is 12.3. The Labute approximate surface area is 103 Å². The molecule has 0 bridgehead atoms. The highest BCUT2D eigenvalue weighted by atomic mass is 16.1.